The fraction of sp³-hybridized carbons (Fsp3) is 0.250. The van der Waals surface area contributed by atoms with Gasteiger partial charge in [-0.2, -0.15) is 5.10 Å². The summed E-state index contributed by atoms with van der Waals surface area (Å²) in [6, 6.07) is 7.16. The Balaban J connectivity index is 1.74. The topological polar surface area (TPSA) is 138 Å². The highest BCUT2D eigenvalue weighted by Crippen LogP contribution is 2.29. The Morgan fingerprint density at radius 2 is 1.85 bits per heavy atom. The molecule has 1 aromatic carbocycles. The molecule has 0 unspecified atom stereocenters. The first-order valence-corrected chi connectivity index (χ1v) is 12.7. The lowest BCUT2D eigenvalue weighted by atomic mass is 9.97. The van der Waals surface area contributed by atoms with Crippen LogP contribution in [0.15, 0.2) is 36.5 Å². The largest absolute Gasteiger partial charge is 0.453 e. The lowest BCUT2D eigenvalue weighted by molar-refractivity contribution is 0.0908. The smallest absolute Gasteiger partial charge is 0.409 e. The highest BCUT2D eigenvalue weighted by Gasteiger charge is 2.26. The minimum absolute atomic E-state index is 0.0176. The van der Waals surface area contributed by atoms with Crippen LogP contribution in [0.25, 0.3) is 5.82 Å². The molecule has 0 saturated heterocycles. The molecular weight excluding hydrogens is 609 g/mol. The molecule has 0 spiro atoms. The predicted octanol–water partition coefficient (Wildman–Crippen LogP) is 4.51. The fourth-order valence-corrected chi connectivity index (χ4v) is 4.60. The summed E-state index contributed by atoms with van der Waals surface area (Å²) in [5, 5.41) is 14.8. The van der Waals surface area contributed by atoms with Crippen molar-refractivity contribution in [3.8, 4) is 5.82 Å². The van der Waals surface area contributed by atoms with E-state index in [1.54, 1.807) is 6.07 Å². The van der Waals surface area contributed by atoms with Crippen molar-refractivity contribution >= 4 is 52.5 Å². The van der Waals surface area contributed by atoms with E-state index in [1.165, 1.54) is 44.6 Å². The molecule has 3 heterocycles. The molecule has 0 N–H and O–H groups in total. The van der Waals surface area contributed by atoms with Crippen molar-refractivity contribution in [3.63, 3.8) is 0 Å². The summed E-state index contributed by atoms with van der Waals surface area (Å²) in [6.45, 7) is -0.676. The summed E-state index contributed by atoms with van der Waals surface area (Å²) in [7, 11) is 2.53. The molecule has 0 bridgehead atoms. The minimum atomic E-state index is -2.94. The van der Waals surface area contributed by atoms with E-state index in [-0.39, 0.29) is 56.5 Å². The second-order valence-electron chi connectivity index (χ2n) is 8.50. The van der Waals surface area contributed by atoms with Crippen molar-refractivity contribution < 1.29 is 27.9 Å². The maximum atomic E-state index is 13.7. The summed E-state index contributed by atoms with van der Waals surface area (Å²) in [4.78, 5) is 43.9. The van der Waals surface area contributed by atoms with Crippen LogP contribution >= 0.6 is 34.8 Å². The highest BCUT2D eigenvalue weighted by molar-refractivity contribution is 6.36. The van der Waals surface area contributed by atoms with E-state index in [2.05, 4.69) is 30.3 Å². The molecule has 0 atom stereocenters. The third kappa shape index (κ3) is 6.66. The van der Waals surface area contributed by atoms with Crippen molar-refractivity contribution in [1.29, 1.82) is 0 Å². The molecule has 4 rings (SSSR count). The van der Waals surface area contributed by atoms with E-state index >= 15 is 0 Å². The number of hydrogen-bond donors (Lipinski definition) is 0. The summed E-state index contributed by atoms with van der Waals surface area (Å²) in [5.41, 5.74) is 0.265. The van der Waals surface area contributed by atoms with E-state index < -0.39 is 36.3 Å². The van der Waals surface area contributed by atoms with E-state index in [0.717, 1.165) is 14.3 Å². The molecule has 0 saturated carbocycles. The second kappa shape index (κ2) is 12.7. The monoisotopic (exact) mass is 626 g/mol. The number of pyridine rings is 1. The van der Waals surface area contributed by atoms with Crippen LogP contribution in [0.1, 0.15) is 44.4 Å². The van der Waals surface area contributed by atoms with Crippen LogP contribution in [0, 0.1) is 0 Å². The molecule has 12 nitrogen and oxygen atoms in total. The van der Waals surface area contributed by atoms with Gasteiger partial charge in [-0.25, -0.2) is 27.9 Å². The zero-order chi connectivity index (χ0) is 29.8. The number of methoxy groups -OCH3 is 1. The molecule has 0 radical (unpaired) electrons. The molecule has 41 heavy (non-hydrogen) atoms. The number of ketones is 2. The van der Waals surface area contributed by atoms with E-state index in [1.807, 2.05) is 0 Å². The second-order valence-corrected chi connectivity index (χ2v) is 9.75. The fourth-order valence-electron chi connectivity index (χ4n) is 3.84. The van der Waals surface area contributed by atoms with Crippen LogP contribution in [0.3, 0.4) is 0 Å². The Kier molecular flexibility index (Phi) is 9.25. The van der Waals surface area contributed by atoms with Crippen molar-refractivity contribution in [3.05, 3.63) is 79.9 Å². The standard InChI is InChI=1S/C24H19Cl3F2N8O4/c1-35(24(40)41-2)11-20(39)15-6-12(25)7-17(27)14(15)9-19(38)18-8-13(10-36-23(21(28)29)31-33-34-36)32-37(18)22-16(26)4-3-5-30-22/h3-8,21H,9-11H2,1-2H3. The first-order chi connectivity index (χ1) is 19.5. The summed E-state index contributed by atoms with van der Waals surface area (Å²) in [5.74, 6) is -1.72. The van der Waals surface area contributed by atoms with Crippen LogP contribution in [-0.2, 0) is 17.7 Å². The Morgan fingerprint density at radius 3 is 2.54 bits per heavy atom. The molecule has 1 amide bonds. The summed E-state index contributed by atoms with van der Waals surface area (Å²) in [6.07, 6.45) is -2.66. The Bertz CT molecular complexity index is 1630. The van der Waals surface area contributed by atoms with Crippen LogP contribution < -0.4 is 0 Å². The first kappa shape index (κ1) is 30.0. The summed E-state index contributed by atoms with van der Waals surface area (Å²) < 4.78 is 33.2. The number of alkyl halides is 2. The molecule has 0 aliphatic carbocycles. The number of carbonyl (C=O) groups excluding carboxylic acids is 3. The molecule has 214 valence electrons. The van der Waals surface area contributed by atoms with Gasteiger partial charge in [-0.1, -0.05) is 34.8 Å². The molecule has 4 aromatic rings. The van der Waals surface area contributed by atoms with E-state index in [9.17, 15) is 23.2 Å². The summed E-state index contributed by atoms with van der Waals surface area (Å²) >= 11 is 18.9. The quantitative estimate of drug-likeness (QED) is 0.233. The number of aromatic nitrogens is 7. The average molecular weight is 628 g/mol. The lowest BCUT2D eigenvalue weighted by Gasteiger charge is -2.17. The molecule has 3 aromatic heterocycles. The molecular formula is C24H19Cl3F2N8O4. The van der Waals surface area contributed by atoms with Gasteiger partial charge >= 0.3 is 6.09 Å². The number of rotatable bonds is 10. The van der Waals surface area contributed by atoms with Gasteiger partial charge in [-0.3, -0.25) is 9.59 Å². The SMILES string of the molecule is COC(=O)N(C)CC(=O)c1cc(Cl)cc(Cl)c1CC(=O)c1cc(Cn2nnnc2C(F)F)nn1-c1ncccc1Cl. The van der Waals surface area contributed by atoms with E-state index in [0.29, 0.717) is 0 Å². The van der Waals surface area contributed by atoms with Crippen LogP contribution in [-0.4, -0.2) is 78.2 Å². The highest BCUT2D eigenvalue weighted by atomic mass is 35.5. The number of likely N-dealkylation sites (N-methyl/N-ethyl adjacent to an activating group) is 1. The van der Waals surface area contributed by atoms with Gasteiger partial charge in [0.25, 0.3) is 6.43 Å². The van der Waals surface area contributed by atoms with Gasteiger partial charge in [0, 0.05) is 35.3 Å². The maximum absolute atomic E-state index is 13.7. The number of carbonyl (C=O) groups is 3. The van der Waals surface area contributed by atoms with E-state index in [4.69, 9.17) is 34.8 Å². The van der Waals surface area contributed by atoms with Crippen molar-refractivity contribution in [2.75, 3.05) is 20.7 Å². The van der Waals surface area contributed by atoms with Crippen molar-refractivity contribution in [2.24, 2.45) is 0 Å². The number of halogens is 5. The third-order valence-electron chi connectivity index (χ3n) is 5.72. The molecule has 0 fully saturated rings. The third-order valence-corrected chi connectivity index (χ3v) is 6.57. The molecule has 0 aliphatic rings. The Hall–Kier alpha value is -4.01. The Morgan fingerprint density at radius 1 is 1.10 bits per heavy atom. The zero-order valence-electron chi connectivity index (χ0n) is 21.3. The number of nitrogens with zero attached hydrogens (tertiary/aromatic N) is 8. The van der Waals surface area contributed by atoms with Gasteiger partial charge in [0.05, 0.1) is 30.9 Å². The lowest BCUT2D eigenvalue weighted by Crippen LogP contribution is -2.32. The van der Waals surface area contributed by atoms with Gasteiger partial charge < -0.3 is 9.64 Å². The van der Waals surface area contributed by atoms with Gasteiger partial charge in [-0.05, 0) is 46.3 Å². The van der Waals surface area contributed by atoms with Crippen molar-refractivity contribution in [2.45, 2.75) is 19.4 Å². The Labute approximate surface area is 245 Å². The number of benzene rings is 1. The van der Waals surface area contributed by atoms with Crippen LogP contribution in [0.2, 0.25) is 15.1 Å². The van der Waals surface area contributed by atoms with Crippen LogP contribution in [0.4, 0.5) is 13.6 Å². The number of ether oxygens (including phenoxy) is 1. The minimum Gasteiger partial charge on any atom is -0.453 e. The predicted molar refractivity (Wildman–Crippen MR) is 142 cm³/mol. The normalized spacial score (nSPS) is 11.1. The number of Topliss-reactive ketones (excluding diaryl/α,β-unsaturated/α-hetero) is 2. The van der Waals surface area contributed by atoms with Crippen molar-refractivity contribution in [1.82, 2.24) is 39.9 Å². The van der Waals surface area contributed by atoms with Gasteiger partial charge in [0.2, 0.25) is 5.82 Å². The van der Waals surface area contributed by atoms with Gasteiger partial charge in [-0.15, -0.1) is 5.10 Å². The molecule has 0 aliphatic heterocycles. The molecule has 17 heteroatoms. The van der Waals surface area contributed by atoms with Gasteiger partial charge in [0.1, 0.15) is 5.69 Å². The number of tetrazole rings is 1. The van der Waals surface area contributed by atoms with Crippen LogP contribution in [0.5, 0.6) is 0 Å². The maximum Gasteiger partial charge on any atom is 0.409 e. The number of amides is 1. The first-order valence-electron chi connectivity index (χ1n) is 11.6. The van der Waals surface area contributed by atoms with Gasteiger partial charge in [0.15, 0.2) is 17.4 Å². The number of hydrogen-bond acceptors (Lipinski definition) is 9. The average Bonchev–Trinajstić information content (AvgIpc) is 3.57. The zero-order valence-corrected chi connectivity index (χ0v) is 23.5.